The lowest BCUT2D eigenvalue weighted by Gasteiger charge is -2.27. The van der Waals surface area contributed by atoms with Gasteiger partial charge in [0.15, 0.2) is 11.1 Å². The van der Waals surface area contributed by atoms with Crippen LogP contribution in [0.5, 0.6) is 0 Å². The maximum atomic E-state index is 10.9. The lowest BCUT2D eigenvalue weighted by molar-refractivity contribution is 0.564. The molecule has 1 atom stereocenters. The highest BCUT2D eigenvalue weighted by molar-refractivity contribution is 7.79. The minimum Gasteiger partial charge on any atom is -0.374 e. The fourth-order valence-corrected chi connectivity index (χ4v) is 2.24. The molecule has 0 radical (unpaired) electrons. The minimum atomic E-state index is -1.87. The van der Waals surface area contributed by atoms with Crippen molar-refractivity contribution in [3.8, 4) is 0 Å². The average molecular weight is 211 g/mol. The first-order valence-corrected chi connectivity index (χ1v) is 5.74. The molecule has 0 bridgehead atoms. The van der Waals surface area contributed by atoms with Gasteiger partial charge in [0.1, 0.15) is 0 Å². The Morgan fingerprint density at radius 3 is 3.00 bits per heavy atom. The second-order valence-corrected chi connectivity index (χ2v) is 4.53. The largest absolute Gasteiger partial charge is 0.374 e. The fourth-order valence-electron chi connectivity index (χ4n) is 1.85. The molecule has 0 aliphatic carbocycles. The van der Waals surface area contributed by atoms with Gasteiger partial charge in [0.05, 0.1) is 4.90 Å². The Balaban J connectivity index is 2.45. The molecule has 1 heterocycles. The van der Waals surface area contributed by atoms with Crippen molar-refractivity contribution in [1.82, 2.24) is 0 Å². The van der Waals surface area contributed by atoms with Gasteiger partial charge in [-0.2, -0.15) is 0 Å². The first kappa shape index (κ1) is 9.68. The quantitative estimate of drug-likeness (QED) is 0.718. The number of nitrogens with zero attached hydrogens (tertiary/aromatic N) is 1. The molecule has 3 nitrogen and oxygen atoms in total. The van der Waals surface area contributed by atoms with E-state index in [9.17, 15) is 4.21 Å². The van der Waals surface area contributed by atoms with Crippen LogP contribution in [0, 0.1) is 0 Å². The molecule has 0 amide bonds. The summed E-state index contributed by atoms with van der Waals surface area (Å²) >= 11 is -1.87. The molecular weight excluding hydrogens is 198 g/mol. The van der Waals surface area contributed by atoms with Crippen LogP contribution in [0.4, 0.5) is 5.69 Å². The summed E-state index contributed by atoms with van der Waals surface area (Å²) < 4.78 is 19.9. The molecule has 1 unspecified atom stereocenters. The van der Waals surface area contributed by atoms with Crippen molar-refractivity contribution in [2.24, 2.45) is 0 Å². The van der Waals surface area contributed by atoms with Gasteiger partial charge in [0, 0.05) is 19.3 Å². The van der Waals surface area contributed by atoms with E-state index in [1.165, 1.54) is 5.56 Å². The standard InChI is InChI=1S/C10H13NO2S/c1-11-6-2-3-8-4-5-9(14(12)13)7-10(8)11/h4-5,7H,2-3,6H2,1H3,(H,12,13). The summed E-state index contributed by atoms with van der Waals surface area (Å²) in [7, 11) is 2.02. The van der Waals surface area contributed by atoms with Gasteiger partial charge in [-0.3, -0.25) is 0 Å². The van der Waals surface area contributed by atoms with Crippen LogP contribution in [-0.4, -0.2) is 22.4 Å². The number of anilines is 1. The van der Waals surface area contributed by atoms with Crippen LogP contribution >= 0.6 is 0 Å². The topological polar surface area (TPSA) is 40.5 Å². The molecule has 1 aromatic carbocycles. The Morgan fingerprint density at radius 2 is 2.29 bits per heavy atom. The van der Waals surface area contributed by atoms with Crippen LogP contribution in [0.2, 0.25) is 0 Å². The highest BCUT2D eigenvalue weighted by Gasteiger charge is 2.14. The van der Waals surface area contributed by atoms with Crippen LogP contribution in [0.25, 0.3) is 0 Å². The predicted octanol–water partition coefficient (Wildman–Crippen LogP) is 1.65. The van der Waals surface area contributed by atoms with Crippen LogP contribution in [0.3, 0.4) is 0 Å². The van der Waals surface area contributed by atoms with Crippen molar-refractivity contribution in [1.29, 1.82) is 0 Å². The molecule has 1 aliphatic rings. The lowest BCUT2D eigenvalue weighted by Crippen LogP contribution is -2.24. The van der Waals surface area contributed by atoms with E-state index in [2.05, 4.69) is 4.90 Å². The minimum absolute atomic E-state index is 0.484. The second-order valence-electron chi connectivity index (χ2n) is 3.56. The van der Waals surface area contributed by atoms with Gasteiger partial charge >= 0.3 is 0 Å². The zero-order chi connectivity index (χ0) is 10.1. The number of hydrogen-bond acceptors (Lipinski definition) is 2. The van der Waals surface area contributed by atoms with E-state index in [-0.39, 0.29) is 0 Å². The molecule has 4 heteroatoms. The molecule has 14 heavy (non-hydrogen) atoms. The lowest BCUT2D eigenvalue weighted by atomic mass is 10.0. The van der Waals surface area contributed by atoms with E-state index in [4.69, 9.17) is 4.55 Å². The Hall–Kier alpha value is -0.870. The van der Waals surface area contributed by atoms with Crippen LogP contribution < -0.4 is 4.90 Å². The molecule has 0 aromatic heterocycles. The summed E-state index contributed by atoms with van der Waals surface area (Å²) in [6, 6.07) is 5.49. The first-order chi connectivity index (χ1) is 6.68. The molecule has 1 aromatic rings. The maximum Gasteiger partial charge on any atom is 0.186 e. The third kappa shape index (κ3) is 1.67. The van der Waals surface area contributed by atoms with E-state index in [1.54, 1.807) is 6.07 Å². The van der Waals surface area contributed by atoms with Crippen molar-refractivity contribution in [3.63, 3.8) is 0 Å². The monoisotopic (exact) mass is 211 g/mol. The van der Waals surface area contributed by atoms with E-state index < -0.39 is 11.1 Å². The highest BCUT2D eigenvalue weighted by Crippen LogP contribution is 2.27. The van der Waals surface area contributed by atoms with Gasteiger partial charge in [-0.1, -0.05) is 6.07 Å². The maximum absolute atomic E-state index is 10.9. The molecule has 76 valence electrons. The third-order valence-corrected chi connectivity index (χ3v) is 3.27. The summed E-state index contributed by atoms with van der Waals surface area (Å²) in [5, 5.41) is 0. The smallest absolute Gasteiger partial charge is 0.186 e. The molecule has 1 aliphatic heterocycles. The van der Waals surface area contributed by atoms with Crippen molar-refractivity contribution < 1.29 is 8.76 Å². The zero-order valence-corrected chi connectivity index (χ0v) is 8.88. The Bertz CT molecular complexity index is 378. The summed E-state index contributed by atoms with van der Waals surface area (Å²) in [6.45, 7) is 1.02. The molecular formula is C10H13NO2S. The summed E-state index contributed by atoms with van der Waals surface area (Å²) in [5.41, 5.74) is 2.36. The number of benzene rings is 1. The molecule has 0 saturated carbocycles. The van der Waals surface area contributed by atoms with E-state index in [0.29, 0.717) is 4.90 Å². The van der Waals surface area contributed by atoms with Gasteiger partial charge in [0.2, 0.25) is 0 Å². The normalized spacial score (nSPS) is 17.7. The summed E-state index contributed by atoms with van der Waals surface area (Å²) in [5.74, 6) is 0. The van der Waals surface area contributed by atoms with Crippen molar-refractivity contribution in [3.05, 3.63) is 23.8 Å². The van der Waals surface area contributed by atoms with Gasteiger partial charge in [0.25, 0.3) is 0 Å². The molecule has 2 rings (SSSR count). The number of rotatable bonds is 1. The first-order valence-electron chi connectivity index (χ1n) is 4.63. The number of fused-ring (bicyclic) bond motifs is 1. The van der Waals surface area contributed by atoms with Crippen molar-refractivity contribution in [2.75, 3.05) is 18.5 Å². The average Bonchev–Trinajstić information content (AvgIpc) is 2.18. The van der Waals surface area contributed by atoms with Crippen LogP contribution in [-0.2, 0) is 17.5 Å². The number of hydrogen-bond donors (Lipinski definition) is 1. The Morgan fingerprint density at radius 1 is 1.50 bits per heavy atom. The van der Waals surface area contributed by atoms with Crippen molar-refractivity contribution >= 4 is 16.8 Å². The molecule has 1 N–H and O–H groups in total. The summed E-state index contributed by atoms with van der Waals surface area (Å²) in [4.78, 5) is 2.62. The fraction of sp³-hybridized carbons (Fsp3) is 0.400. The van der Waals surface area contributed by atoms with Crippen molar-refractivity contribution in [2.45, 2.75) is 17.7 Å². The molecule has 0 spiro atoms. The Kier molecular flexibility index (Phi) is 2.56. The van der Waals surface area contributed by atoms with Crippen LogP contribution in [0.1, 0.15) is 12.0 Å². The van der Waals surface area contributed by atoms with E-state index in [1.807, 2.05) is 19.2 Å². The van der Waals surface area contributed by atoms with Gasteiger partial charge < -0.3 is 9.45 Å². The Labute approximate surface area is 86.0 Å². The number of aryl methyl sites for hydroxylation is 1. The second kappa shape index (κ2) is 3.71. The SMILES string of the molecule is CN1CCCc2ccc(S(=O)O)cc21. The van der Waals surface area contributed by atoms with E-state index in [0.717, 1.165) is 25.1 Å². The zero-order valence-electron chi connectivity index (χ0n) is 8.06. The molecule has 0 fully saturated rings. The van der Waals surface area contributed by atoms with Gasteiger partial charge in [-0.05, 0) is 30.5 Å². The predicted molar refractivity (Wildman–Crippen MR) is 57.1 cm³/mol. The van der Waals surface area contributed by atoms with Gasteiger partial charge in [-0.15, -0.1) is 0 Å². The molecule has 0 saturated heterocycles. The van der Waals surface area contributed by atoms with Gasteiger partial charge in [-0.25, -0.2) is 4.21 Å². The highest BCUT2D eigenvalue weighted by atomic mass is 32.2. The van der Waals surface area contributed by atoms with E-state index >= 15 is 0 Å². The third-order valence-electron chi connectivity index (χ3n) is 2.61. The van der Waals surface area contributed by atoms with Crippen LogP contribution in [0.15, 0.2) is 23.1 Å². The summed E-state index contributed by atoms with van der Waals surface area (Å²) in [6.07, 6.45) is 2.23.